The van der Waals surface area contributed by atoms with Crippen LogP contribution in [0.2, 0.25) is 0 Å². The molecule has 0 aliphatic carbocycles. The lowest BCUT2D eigenvalue weighted by Crippen LogP contribution is -2.31. The van der Waals surface area contributed by atoms with Crippen LogP contribution >= 0.6 is 0 Å². The van der Waals surface area contributed by atoms with Crippen molar-refractivity contribution in [3.05, 3.63) is 88.2 Å². The highest BCUT2D eigenvalue weighted by Gasteiger charge is 2.40. The molecule has 1 saturated heterocycles. The monoisotopic (exact) mass is 531 g/mol. The van der Waals surface area contributed by atoms with Crippen molar-refractivity contribution in [2.75, 3.05) is 7.11 Å². The Bertz CT molecular complexity index is 1340. The van der Waals surface area contributed by atoms with Crippen molar-refractivity contribution in [3.63, 3.8) is 0 Å². The van der Waals surface area contributed by atoms with Gasteiger partial charge in [-0.2, -0.15) is 13.2 Å². The van der Waals surface area contributed by atoms with E-state index in [1.807, 2.05) is 13.8 Å². The fourth-order valence-electron chi connectivity index (χ4n) is 4.77. The van der Waals surface area contributed by atoms with Crippen LogP contribution < -0.4 is 4.74 Å². The third-order valence-corrected chi connectivity index (χ3v) is 6.86. The number of methoxy groups -OCH3 is 1. The number of hydrogen-bond acceptors (Lipinski definition) is 4. The van der Waals surface area contributed by atoms with E-state index in [0.29, 0.717) is 27.8 Å². The van der Waals surface area contributed by atoms with E-state index in [4.69, 9.17) is 9.47 Å². The van der Waals surface area contributed by atoms with Gasteiger partial charge >= 0.3 is 12.3 Å². The number of hydrogen-bond donors (Lipinski definition) is 1. The highest BCUT2D eigenvalue weighted by Crippen LogP contribution is 2.41. The number of aliphatic hydroxyl groups is 1. The van der Waals surface area contributed by atoms with Crippen LogP contribution in [0.25, 0.3) is 11.1 Å². The van der Waals surface area contributed by atoms with Gasteiger partial charge in [0.2, 0.25) is 0 Å². The molecule has 9 heteroatoms. The maximum Gasteiger partial charge on any atom is 0.416 e. The van der Waals surface area contributed by atoms with Crippen molar-refractivity contribution in [2.24, 2.45) is 0 Å². The molecule has 0 unspecified atom stereocenters. The molecule has 4 rings (SSSR count). The van der Waals surface area contributed by atoms with Crippen molar-refractivity contribution >= 4 is 6.09 Å². The fraction of sp³-hybridized carbons (Fsp3) is 0.345. The Balaban J connectivity index is 1.79. The molecule has 0 radical (unpaired) electrons. The number of benzene rings is 3. The number of aliphatic hydroxyl groups excluding tert-OH is 1. The molecule has 0 aromatic heterocycles. The average molecular weight is 532 g/mol. The Kier molecular flexibility index (Phi) is 7.69. The Morgan fingerprint density at radius 3 is 2.45 bits per heavy atom. The quantitative estimate of drug-likeness (QED) is 0.327. The lowest BCUT2D eigenvalue weighted by molar-refractivity contribution is -0.137. The molecule has 2 atom stereocenters. The lowest BCUT2D eigenvalue weighted by Gasteiger charge is -2.24. The van der Waals surface area contributed by atoms with Crippen molar-refractivity contribution in [3.8, 4) is 16.9 Å². The zero-order valence-corrected chi connectivity index (χ0v) is 21.5. The van der Waals surface area contributed by atoms with E-state index in [9.17, 15) is 27.5 Å². The van der Waals surface area contributed by atoms with E-state index in [1.54, 1.807) is 37.3 Å². The third kappa shape index (κ3) is 5.34. The van der Waals surface area contributed by atoms with Gasteiger partial charge in [0.1, 0.15) is 17.7 Å². The Morgan fingerprint density at radius 2 is 1.82 bits per heavy atom. The molecular formula is C29H29F4NO4. The highest BCUT2D eigenvalue weighted by atomic mass is 19.4. The van der Waals surface area contributed by atoms with Crippen molar-refractivity contribution in [1.82, 2.24) is 4.90 Å². The SMILES string of the molecule is COc1cc(F)c(C(C)C)cc1-c1ccc(C(F)(F)F)cc1CN1C(=O)O[C@H](c2cccc(CO)c2)[C@@H]1C. The van der Waals surface area contributed by atoms with Crippen LogP contribution in [0, 0.1) is 5.82 Å². The second-order valence-corrected chi connectivity index (χ2v) is 9.67. The van der Waals surface area contributed by atoms with Gasteiger partial charge in [0.05, 0.1) is 31.9 Å². The van der Waals surface area contributed by atoms with Gasteiger partial charge in [-0.15, -0.1) is 0 Å². The summed E-state index contributed by atoms with van der Waals surface area (Å²) in [5.74, 6) is -0.482. The van der Waals surface area contributed by atoms with Gasteiger partial charge in [-0.25, -0.2) is 9.18 Å². The zero-order chi connectivity index (χ0) is 27.8. The molecule has 3 aromatic rings. The molecule has 1 N–H and O–H groups in total. The van der Waals surface area contributed by atoms with Gasteiger partial charge in [-0.1, -0.05) is 38.1 Å². The number of alkyl halides is 3. The van der Waals surface area contributed by atoms with Crippen LogP contribution in [0.3, 0.4) is 0 Å². The van der Waals surface area contributed by atoms with Crippen LogP contribution in [0.1, 0.15) is 60.6 Å². The fourth-order valence-corrected chi connectivity index (χ4v) is 4.77. The third-order valence-electron chi connectivity index (χ3n) is 6.86. The standard InChI is InChI=1S/C29H29F4NO4/c1-16(2)23-12-24(26(37-4)13-25(23)30)22-9-8-21(29(31,32)33)11-20(22)14-34-17(3)27(38-28(34)36)19-7-5-6-18(10-19)15-35/h5-13,16-17,27,35H,14-15H2,1-4H3/t17-,27-/m0/s1. The van der Waals surface area contributed by atoms with E-state index in [1.165, 1.54) is 24.1 Å². The number of amides is 1. The van der Waals surface area contributed by atoms with Crippen molar-refractivity contribution < 1.29 is 36.9 Å². The number of rotatable bonds is 7. The first-order chi connectivity index (χ1) is 17.9. The number of carbonyl (C=O) groups is 1. The molecule has 5 nitrogen and oxygen atoms in total. The first-order valence-electron chi connectivity index (χ1n) is 12.2. The van der Waals surface area contributed by atoms with E-state index in [2.05, 4.69) is 0 Å². The summed E-state index contributed by atoms with van der Waals surface area (Å²) in [6, 6.07) is 12.6. The normalized spacial score (nSPS) is 17.7. The predicted octanol–water partition coefficient (Wildman–Crippen LogP) is 7.22. The molecule has 0 spiro atoms. The number of cyclic esters (lactones) is 1. The summed E-state index contributed by atoms with van der Waals surface area (Å²) in [4.78, 5) is 14.3. The molecule has 202 valence electrons. The number of ether oxygens (including phenoxy) is 2. The largest absolute Gasteiger partial charge is 0.496 e. The lowest BCUT2D eigenvalue weighted by atomic mass is 9.92. The van der Waals surface area contributed by atoms with Crippen molar-refractivity contribution in [2.45, 2.75) is 58.2 Å². The average Bonchev–Trinajstić information content (AvgIpc) is 3.16. The second-order valence-electron chi connectivity index (χ2n) is 9.67. The summed E-state index contributed by atoms with van der Waals surface area (Å²) in [7, 11) is 1.36. The number of halogens is 4. The molecule has 1 amide bonds. The predicted molar refractivity (Wildman–Crippen MR) is 134 cm³/mol. The topological polar surface area (TPSA) is 59.0 Å². The minimum absolute atomic E-state index is 0.170. The van der Waals surface area contributed by atoms with Gasteiger partial charge in [0.25, 0.3) is 0 Å². The van der Waals surface area contributed by atoms with E-state index in [-0.39, 0.29) is 30.4 Å². The maximum atomic E-state index is 14.7. The highest BCUT2D eigenvalue weighted by molar-refractivity contribution is 5.76. The molecule has 3 aromatic carbocycles. The minimum Gasteiger partial charge on any atom is -0.496 e. The minimum atomic E-state index is -4.60. The summed E-state index contributed by atoms with van der Waals surface area (Å²) in [5.41, 5.74) is 1.88. The smallest absolute Gasteiger partial charge is 0.416 e. The summed E-state index contributed by atoms with van der Waals surface area (Å²) >= 11 is 0. The maximum absolute atomic E-state index is 14.7. The van der Waals surface area contributed by atoms with Crippen LogP contribution in [-0.4, -0.2) is 29.3 Å². The number of nitrogens with zero attached hydrogens (tertiary/aromatic N) is 1. The Hall–Kier alpha value is -3.59. The molecule has 1 heterocycles. The van der Waals surface area contributed by atoms with Crippen LogP contribution in [-0.2, 0) is 24.1 Å². The van der Waals surface area contributed by atoms with Gasteiger partial charge in [-0.3, -0.25) is 4.90 Å². The Labute approximate surface area is 218 Å². The summed E-state index contributed by atoms with van der Waals surface area (Å²) < 4.78 is 66.8. The van der Waals surface area contributed by atoms with Crippen LogP contribution in [0.5, 0.6) is 5.75 Å². The molecule has 38 heavy (non-hydrogen) atoms. The first-order valence-corrected chi connectivity index (χ1v) is 12.2. The first kappa shape index (κ1) is 27.4. The molecule has 0 bridgehead atoms. The van der Waals surface area contributed by atoms with E-state index >= 15 is 0 Å². The van der Waals surface area contributed by atoms with Gasteiger partial charge in [-0.05, 0) is 64.9 Å². The molecule has 1 aliphatic rings. The van der Waals surface area contributed by atoms with Gasteiger partial charge in [0.15, 0.2) is 0 Å². The van der Waals surface area contributed by atoms with E-state index < -0.39 is 35.8 Å². The Morgan fingerprint density at radius 1 is 1.08 bits per heavy atom. The zero-order valence-electron chi connectivity index (χ0n) is 21.5. The van der Waals surface area contributed by atoms with E-state index in [0.717, 1.165) is 12.1 Å². The molecule has 1 fully saturated rings. The molecular weight excluding hydrogens is 502 g/mol. The van der Waals surface area contributed by atoms with Crippen LogP contribution in [0.15, 0.2) is 54.6 Å². The number of carbonyl (C=O) groups excluding carboxylic acids is 1. The summed E-state index contributed by atoms with van der Waals surface area (Å²) in [6.45, 7) is 5.03. The van der Waals surface area contributed by atoms with Crippen LogP contribution in [0.4, 0.5) is 22.4 Å². The second kappa shape index (κ2) is 10.6. The van der Waals surface area contributed by atoms with Gasteiger partial charge < -0.3 is 14.6 Å². The van der Waals surface area contributed by atoms with Crippen molar-refractivity contribution in [1.29, 1.82) is 0 Å². The molecule has 1 aliphatic heterocycles. The summed E-state index contributed by atoms with van der Waals surface area (Å²) in [6.07, 6.45) is -5.95. The molecule has 0 saturated carbocycles. The summed E-state index contributed by atoms with van der Waals surface area (Å²) in [5, 5.41) is 9.47. The van der Waals surface area contributed by atoms with Gasteiger partial charge in [0, 0.05) is 11.6 Å².